The topological polar surface area (TPSA) is 21.3 Å². The van der Waals surface area contributed by atoms with Crippen LogP contribution in [0.1, 0.15) is 29.7 Å². The standard InChI is InChI=1S/C18H22FNO/c1-4-13-8-10-14(11-9-13)16(20-2)12-15-6-5-7-17(21-3)18(15)19/h5-11,16,20H,4,12H2,1-3H3. The van der Waals surface area contributed by atoms with E-state index >= 15 is 0 Å². The lowest BCUT2D eigenvalue weighted by Crippen LogP contribution is -2.19. The Morgan fingerprint density at radius 3 is 2.43 bits per heavy atom. The Labute approximate surface area is 126 Å². The van der Waals surface area contributed by atoms with Gasteiger partial charge in [-0.15, -0.1) is 0 Å². The highest BCUT2D eigenvalue weighted by Gasteiger charge is 2.15. The first kappa shape index (κ1) is 15.5. The molecule has 1 unspecified atom stereocenters. The van der Waals surface area contributed by atoms with E-state index in [1.807, 2.05) is 19.2 Å². The van der Waals surface area contributed by atoms with E-state index in [1.54, 1.807) is 6.07 Å². The molecular formula is C18H22FNO. The average molecular weight is 287 g/mol. The Morgan fingerprint density at radius 1 is 1.14 bits per heavy atom. The summed E-state index contributed by atoms with van der Waals surface area (Å²) in [5, 5.41) is 3.26. The molecule has 2 nitrogen and oxygen atoms in total. The van der Waals surface area contributed by atoms with E-state index in [0.29, 0.717) is 17.7 Å². The van der Waals surface area contributed by atoms with Gasteiger partial charge in [-0.3, -0.25) is 0 Å². The molecular weight excluding hydrogens is 265 g/mol. The number of aryl methyl sites for hydroxylation is 1. The van der Waals surface area contributed by atoms with Crippen molar-refractivity contribution < 1.29 is 9.13 Å². The van der Waals surface area contributed by atoms with Crippen molar-refractivity contribution in [2.45, 2.75) is 25.8 Å². The lowest BCUT2D eigenvalue weighted by Gasteiger charge is -2.18. The fourth-order valence-corrected chi connectivity index (χ4v) is 2.46. The van der Waals surface area contributed by atoms with Crippen molar-refractivity contribution in [1.82, 2.24) is 5.32 Å². The van der Waals surface area contributed by atoms with E-state index in [1.165, 1.54) is 12.7 Å². The smallest absolute Gasteiger partial charge is 0.168 e. The number of likely N-dealkylation sites (N-methyl/N-ethyl adjacent to an activating group) is 1. The van der Waals surface area contributed by atoms with Gasteiger partial charge in [0, 0.05) is 6.04 Å². The van der Waals surface area contributed by atoms with Crippen molar-refractivity contribution >= 4 is 0 Å². The molecule has 21 heavy (non-hydrogen) atoms. The van der Waals surface area contributed by atoms with E-state index in [9.17, 15) is 4.39 Å². The van der Waals surface area contributed by atoms with Gasteiger partial charge in [-0.05, 0) is 42.6 Å². The van der Waals surface area contributed by atoms with Gasteiger partial charge >= 0.3 is 0 Å². The molecule has 0 bridgehead atoms. The van der Waals surface area contributed by atoms with E-state index in [4.69, 9.17) is 4.74 Å². The highest BCUT2D eigenvalue weighted by Crippen LogP contribution is 2.25. The summed E-state index contributed by atoms with van der Waals surface area (Å²) in [5.74, 6) is 0.0223. The fraction of sp³-hybridized carbons (Fsp3) is 0.333. The van der Waals surface area contributed by atoms with Crippen molar-refractivity contribution in [3.63, 3.8) is 0 Å². The molecule has 0 saturated carbocycles. The van der Waals surface area contributed by atoms with Crippen LogP contribution < -0.4 is 10.1 Å². The first-order valence-electron chi connectivity index (χ1n) is 7.27. The fourth-order valence-electron chi connectivity index (χ4n) is 2.46. The zero-order chi connectivity index (χ0) is 15.2. The molecule has 1 atom stereocenters. The number of halogens is 1. The molecule has 0 radical (unpaired) electrons. The normalized spacial score (nSPS) is 12.2. The molecule has 0 aliphatic rings. The minimum atomic E-state index is -0.273. The van der Waals surface area contributed by atoms with Crippen molar-refractivity contribution in [2.24, 2.45) is 0 Å². The molecule has 2 aromatic carbocycles. The molecule has 112 valence electrons. The van der Waals surface area contributed by atoms with Crippen LogP contribution in [0.4, 0.5) is 4.39 Å². The zero-order valence-electron chi connectivity index (χ0n) is 12.8. The highest BCUT2D eigenvalue weighted by molar-refractivity contribution is 5.33. The Balaban J connectivity index is 2.22. The lowest BCUT2D eigenvalue weighted by atomic mass is 9.97. The van der Waals surface area contributed by atoms with Gasteiger partial charge in [-0.25, -0.2) is 4.39 Å². The van der Waals surface area contributed by atoms with Crippen LogP contribution in [0.2, 0.25) is 0 Å². The van der Waals surface area contributed by atoms with Crippen LogP contribution in [0, 0.1) is 5.82 Å². The molecule has 1 N–H and O–H groups in total. The molecule has 0 amide bonds. The van der Waals surface area contributed by atoms with Crippen LogP contribution >= 0.6 is 0 Å². The van der Waals surface area contributed by atoms with Gasteiger partial charge in [0.1, 0.15) is 0 Å². The first-order valence-corrected chi connectivity index (χ1v) is 7.27. The van der Waals surface area contributed by atoms with Crippen LogP contribution in [0.15, 0.2) is 42.5 Å². The molecule has 0 fully saturated rings. The Hall–Kier alpha value is -1.87. The van der Waals surface area contributed by atoms with Crippen molar-refractivity contribution in [1.29, 1.82) is 0 Å². The molecule has 0 aliphatic heterocycles. The summed E-state index contributed by atoms with van der Waals surface area (Å²) >= 11 is 0. The summed E-state index contributed by atoms with van der Waals surface area (Å²) in [6.45, 7) is 2.14. The molecule has 0 heterocycles. The second-order valence-corrected chi connectivity index (χ2v) is 5.07. The summed E-state index contributed by atoms with van der Waals surface area (Å²) in [7, 11) is 3.39. The van der Waals surface area contributed by atoms with E-state index in [2.05, 4.69) is 36.5 Å². The maximum Gasteiger partial charge on any atom is 0.168 e. The second-order valence-electron chi connectivity index (χ2n) is 5.07. The van der Waals surface area contributed by atoms with Gasteiger partial charge < -0.3 is 10.1 Å². The van der Waals surface area contributed by atoms with Gasteiger partial charge in [-0.2, -0.15) is 0 Å². The minimum absolute atomic E-state index is 0.0810. The van der Waals surface area contributed by atoms with Crippen LogP contribution in [-0.2, 0) is 12.8 Å². The number of nitrogens with one attached hydrogen (secondary N) is 1. The molecule has 2 aromatic rings. The van der Waals surface area contributed by atoms with E-state index in [-0.39, 0.29) is 11.9 Å². The molecule has 3 heteroatoms. The summed E-state index contributed by atoms with van der Waals surface area (Å²) in [6.07, 6.45) is 1.61. The summed E-state index contributed by atoms with van der Waals surface area (Å²) in [5.41, 5.74) is 3.13. The Kier molecular flexibility index (Phi) is 5.34. The number of rotatable bonds is 6. The highest BCUT2D eigenvalue weighted by atomic mass is 19.1. The molecule has 0 aliphatic carbocycles. The van der Waals surface area contributed by atoms with Gasteiger partial charge in [0.25, 0.3) is 0 Å². The third kappa shape index (κ3) is 3.61. The summed E-state index contributed by atoms with van der Waals surface area (Å²) in [4.78, 5) is 0. The number of hydrogen-bond donors (Lipinski definition) is 1. The first-order chi connectivity index (χ1) is 10.2. The van der Waals surface area contributed by atoms with Crippen LogP contribution in [0.3, 0.4) is 0 Å². The number of benzene rings is 2. The van der Waals surface area contributed by atoms with Gasteiger partial charge in [0.15, 0.2) is 11.6 Å². The number of hydrogen-bond acceptors (Lipinski definition) is 2. The summed E-state index contributed by atoms with van der Waals surface area (Å²) < 4.78 is 19.3. The maximum absolute atomic E-state index is 14.3. The minimum Gasteiger partial charge on any atom is -0.494 e. The summed E-state index contributed by atoms with van der Waals surface area (Å²) in [6, 6.07) is 13.8. The van der Waals surface area contributed by atoms with Crippen molar-refractivity contribution in [3.8, 4) is 5.75 Å². The second kappa shape index (κ2) is 7.23. The largest absolute Gasteiger partial charge is 0.494 e. The molecule has 0 aromatic heterocycles. The van der Waals surface area contributed by atoms with Gasteiger partial charge in [0.2, 0.25) is 0 Å². The Bertz CT molecular complexity index is 580. The Morgan fingerprint density at radius 2 is 1.86 bits per heavy atom. The third-order valence-electron chi connectivity index (χ3n) is 3.83. The molecule has 0 spiro atoms. The third-order valence-corrected chi connectivity index (χ3v) is 3.83. The maximum atomic E-state index is 14.3. The monoisotopic (exact) mass is 287 g/mol. The quantitative estimate of drug-likeness (QED) is 0.870. The average Bonchev–Trinajstić information content (AvgIpc) is 2.54. The van der Waals surface area contributed by atoms with Gasteiger partial charge in [0.05, 0.1) is 7.11 Å². The van der Waals surface area contributed by atoms with E-state index in [0.717, 1.165) is 12.0 Å². The molecule has 0 saturated heterocycles. The SMILES string of the molecule is CCc1ccc(C(Cc2cccc(OC)c2F)NC)cc1. The van der Waals surface area contributed by atoms with E-state index < -0.39 is 0 Å². The van der Waals surface area contributed by atoms with Crippen LogP contribution in [0.5, 0.6) is 5.75 Å². The predicted molar refractivity (Wildman–Crippen MR) is 84.3 cm³/mol. The molecule has 2 rings (SSSR count). The van der Waals surface area contributed by atoms with Crippen LogP contribution in [0.25, 0.3) is 0 Å². The van der Waals surface area contributed by atoms with Crippen molar-refractivity contribution in [2.75, 3.05) is 14.2 Å². The number of methoxy groups -OCH3 is 1. The zero-order valence-corrected chi connectivity index (χ0v) is 12.8. The predicted octanol–water partition coefficient (Wildman–Crippen LogP) is 3.90. The lowest BCUT2D eigenvalue weighted by molar-refractivity contribution is 0.383. The van der Waals surface area contributed by atoms with Crippen molar-refractivity contribution in [3.05, 3.63) is 65.0 Å². The number of ether oxygens (including phenoxy) is 1. The van der Waals surface area contributed by atoms with Crippen LogP contribution in [-0.4, -0.2) is 14.2 Å². The van der Waals surface area contributed by atoms with Gasteiger partial charge in [-0.1, -0.05) is 43.3 Å².